The molecule has 0 heterocycles. The quantitative estimate of drug-likeness (QED) is 0.613. The first-order chi connectivity index (χ1) is 8.72. The molecule has 1 aromatic carbocycles. The zero-order valence-corrected chi connectivity index (χ0v) is 12.3. The van der Waals surface area contributed by atoms with Gasteiger partial charge in [0.15, 0.2) is 0 Å². The third-order valence-corrected chi connectivity index (χ3v) is 4.21. The average molecular weight is 263 g/mol. The van der Waals surface area contributed by atoms with E-state index in [-0.39, 0.29) is 0 Å². The van der Waals surface area contributed by atoms with Crippen molar-refractivity contribution in [3.05, 3.63) is 46.0 Å². The van der Waals surface area contributed by atoms with Gasteiger partial charge in [0.1, 0.15) is 0 Å². The Labute approximate surface area is 116 Å². The second kappa shape index (κ2) is 6.43. The van der Waals surface area contributed by atoms with Crippen molar-refractivity contribution in [2.24, 2.45) is 0 Å². The lowest BCUT2D eigenvalue weighted by Gasteiger charge is -2.20. The van der Waals surface area contributed by atoms with Crippen molar-refractivity contribution in [3.63, 3.8) is 0 Å². The number of rotatable bonds is 4. The van der Waals surface area contributed by atoms with Crippen molar-refractivity contribution in [1.29, 1.82) is 0 Å². The van der Waals surface area contributed by atoms with Gasteiger partial charge < -0.3 is 0 Å². The molecule has 0 bridgehead atoms. The van der Waals surface area contributed by atoms with Gasteiger partial charge in [0, 0.05) is 5.02 Å². The molecule has 0 fully saturated rings. The predicted octanol–water partition coefficient (Wildman–Crippen LogP) is 5.68. The van der Waals surface area contributed by atoms with Gasteiger partial charge in [-0.05, 0) is 67.2 Å². The molecule has 1 atom stereocenters. The molecule has 1 aromatic rings. The molecule has 0 nitrogen and oxygen atoms in total. The maximum absolute atomic E-state index is 6.44. The highest BCUT2D eigenvalue weighted by Gasteiger charge is 2.15. The van der Waals surface area contributed by atoms with Crippen LogP contribution in [0.1, 0.15) is 62.1 Å². The molecule has 0 N–H and O–H groups in total. The Morgan fingerprint density at radius 2 is 1.83 bits per heavy atom. The predicted molar refractivity (Wildman–Crippen MR) is 80.6 cm³/mol. The summed E-state index contributed by atoms with van der Waals surface area (Å²) in [6, 6.07) is 4.58. The van der Waals surface area contributed by atoms with Crippen LogP contribution in [0, 0.1) is 0 Å². The van der Waals surface area contributed by atoms with Crippen LogP contribution in [-0.2, 0) is 12.8 Å². The summed E-state index contributed by atoms with van der Waals surface area (Å²) in [4.78, 5) is 0. The van der Waals surface area contributed by atoms with Crippen LogP contribution >= 0.6 is 11.6 Å². The number of halogens is 1. The Morgan fingerprint density at radius 1 is 1.17 bits per heavy atom. The fourth-order valence-electron chi connectivity index (χ4n) is 2.75. The zero-order valence-electron chi connectivity index (χ0n) is 11.5. The summed E-state index contributed by atoms with van der Waals surface area (Å²) in [7, 11) is 0. The van der Waals surface area contributed by atoms with Gasteiger partial charge in [-0.1, -0.05) is 43.7 Å². The van der Waals surface area contributed by atoms with Gasteiger partial charge in [-0.15, -0.1) is 0 Å². The van der Waals surface area contributed by atoms with E-state index >= 15 is 0 Å². The number of fused-ring (bicyclic) bond motifs is 1. The van der Waals surface area contributed by atoms with Crippen LogP contribution in [0.3, 0.4) is 0 Å². The fourth-order valence-corrected chi connectivity index (χ4v) is 3.12. The third-order valence-electron chi connectivity index (χ3n) is 3.88. The van der Waals surface area contributed by atoms with E-state index in [4.69, 9.17) is 11.6 Å². The lowest BCUT2D eigenvalue weighted by molar-refractivity contribution is 0.680. The Balaban J connectivity index is 2.19. The van der Waals surface area contributed by atoms with E-state index in [0.717, 1.165) is 17.9 Å². The first-order valence-corrected chi connectivity index (χ1v) is 7.56. The number of hydrogen-bond donors (Lipinski definition) is 0. The maximum Gasteiger partial charge on any atom is 0.0443 e. The highest BCUT2D eigenvalue weighted by atomic mass is 35.5. The number of aryl methyl sites for hydroxylation is 2. The van der Waals surface area contributed by atoms with Crippen molar-refractivity contribution in [2.45, 2.75) is 58.3 Å². The molecule has 0 aromatic heterocycles. The molecule has 2 rings (SSSR count). The average Bonchev–Trinajstić information content (AvgIpc) is 2.38. The highest BCUT2D eigenvalue weighted by molar-refractivity contribution is 6.31. The van der Waals surface area contributed by atoms with Gasteiger partial charge in [-0.25, -0.2) is 0 Å². The van der Waals surface area contributed by atoms with E-state index in [1.165, 1.54) is 42.4 Å². The van der Waals surface area contributed by atoms with E-state index in [2.05, 4.69) is 38.1 Å². The van der Waals surface area contributed by atoms with E-state index in [1.807, 2.05) is 0 Å². The summed E-state index contributed by atoms with van der Waals surface area (Å²) in [6.45, 7) is 4.45. The van der Waals surface area contributed by atoms with Crippen LogP contribution < -0.4 is 0 Å². The Kier molecular flexibility index (Phi) is 4.88. The lowest BCUT2D eigenvalue weighted by atomic mass is 9.87. The maximum atomic E-state index is 6.44. The highest BCUT2D eigenvalue weighted by Crippen LogP contribution is 2.33. The molecular weight excluding hydrogens is 240 g/mol. The minimum Gasteiger partial charge on any atom is -0.0888 e. The largest absolute Gasteiger partial charge is 0.0888 e. The Hall–Kier alpha value is -0.750. The van der Waals surface area contributed by atoms with Crippen LogP contribution in [0.4, 0.5) is 0 Å². The van der Waals surface area contributed by atoms with Crippen molar-refractivity contribution in [3.8, 4) is 0 Å². The van der Waals surface area contributed by atoms with Crippen molar-refractivity contribution in [1.82, 2.24) is 0 Å². The molecule has 1 aliphatic carbocycles. The zero-order chi connectivity index (χ0) is 13.0. The number of benzene rings is 1. The molecule has 0 saturated heterocycles. The molecule has 0 saturated carbocycles. The third kappa shape index (κ3) is 3.17. The first-order valence-electron chi connectivity index (χ1n) is 7.18. The summed E-state index contributed by atoms with van der Waals surface area (Å²) >= 11 is 6.44. The second-order valence-corrected chi connectivity index (χ2v) is 5.77. The second-order valence-electron chi connectivity index (χ2n) is 5.37. The molecule has 0 spiro atoms. The topological polar surface area (TPSA) is 0 Å². The molecule has 0 aliphatic heterocycles. The number of allylic oxidation sites excluding steroid dienone is 2. The van der Waals surface area contributed by atoms with Gasteiger partial charge in [0.2, 0.25) is 0 Å². The smallest absolute Gasteiger partial charge is 0.0443 e. The summed E-state index contributed by atoms with van der Waals surface area (Å²) in [6.07, 6.45) is 11.8. The summed E-state index contributed by atoms with van der Waals surface area (Å²) < 4.78 is 0. The normalized spacial score (nSPS) is 16.8. The molecular formula is C17H23Cl. The van der Waals surface area contributed by atoms with E-state index in [1.54, 1.807) is 0 Å². The molecule has 0 radical (unpaired) electrons. The Morgan fingerprint density at radius 3 is 2.50 bits per heavy atom. The van der Waals surface area contributed by atoms with Gasteiger partial charge >= 0.3 is 0 Å². The monoisotopic (exact) mass is 262 g/mol. The first kappa shape index (κ1) is 13.7. The molecule has 18 heavy (non-hydrogen) atoms. The molecule has 1 heteroatoms. The SMILES string of the molecule is CC/C=C\CC(C)c1cc2c(cc1Cl)CCCC2. The summed E-state index contributed by atoms with van der Waals surface area (Å²) in [5, 5.41) is 0.966. The van der Waals surface area contributed by atoms with Crippen LogP contribution in [0.25, 0.3) is 0 Å². The number of hydrogen-bond acceptors (Lipinski definition) is 0. The van der Waals surface area contributed by atoms with E-state index in [9.17, 15) is 0 Å². The van der Waals surface area contributed by atoms with Crippen LogP contribution in [0.5, 0.6) is 0 Å². The van der Waals surface area contributed by atoms with Gasteiger partial charge in [-0.3, -0.25) is 0 Å². The molecule has 1 unspecified atom stereocenters. The van der Waals surface area contributed by atoms with Crippen molar-refractivity contribution in [2.75, 3.05) is 0 Å². The molecule has 98 valence electrons. The van der Waals surface area contributed by atoms with Gasteiger partial charge in [0.25, 0.3) is 0 Å². The van der Waals surface area contributed by atoms with E-state index < -0.39 is 0 Å². The minimum atomic E-state index is 0.521. The van der Waals surface area contributed by atoms with E-state index in [0.29, 0.717) is 5.92 Å². The van der Waals surface area contributed by atoms with Crippen LogP contribution in [0.2, 0.25) is 5.02 Å². The lowest BCUT2D eigenvalue weighted by Crippen LogP contribution is -2.05. The molecule has 1 aliphatic rings. The van der Waals surface area contributed by atoms with Crippen molar-refractivity contribution < 1.29 is 0 Å². The molecule has 0 amide bonds. The van der Waals surface area contributed by atoms with Crippen LogP contribution in [-0.4, -0.2) is 0 Å². The standard InChI is InChI=1S/C17H23Cl/c1-3-4-5-8-13(2)16-11-14-9-6-7-10-15(14)12-17(16)18/h4-5,11-13H,3,6-10H2,1-2H3/b5-4-. The summed E-state index contributed by atoms with van der Waals surface area (Å²) in [5.41, 5.74) is 4.34. The fraction of sp³-hybridized carbons (Fsp3) is 0.529. The van der Waals surface area contributed by atoms with Crippen LogP contribution in [0.15, 0.2) is 24.3 Å². The van der Waals surface area contributed by atoms with Gasteiger partial charge in [0.05, 0.1) is 0 Å². The minimum absolute atomic E-state index is 0.521. The summed E-state index contributed by atoms with van der Waals surface area (Å²) in [5.74, 6) is 0.521. The Bertz CT molecular complexity index is 431. The van der Waals surface area contributed by atoms with Gasteiger partial charge in [-0.2, -0.15) is 0 Å². The van der Waals surface area contributed by atoms with Crippen molar-refractivity contribution >= 4 is 11.6 Å².